The fourth-order valence-electron chi connectivity index (χ4n) is 2.70. The number of para-hydroxylation sites is 1. The van der Waals surface area contributed by atoms with Crippen molar-refractivity contribution in [3.8, 4) is 22.9 Å². The lowest BCUT2D eigenvalue weighted by Crippen LogP contribution is -2.12. The number of hydrogen-bond donors (Lipinski definition) is 2. The number of amides is 1. The highest BCUT2D eigenvalue weighted by atomic mass is 19.1. The molecule has 0 saturated heterocycles. The molecule has 0 spiro atoms. The van der Waals surface area contributed by atoms with Gasteiger partial charge in [-0.15, -0.1) is 5.10 Å². The van der Waals surface area contributed by atoms with E-state index < -0.39 is 5.91 Å². The number of halogens is 1. The van der Waals surface area contributed by atoms with Gasteiger partial charge in [-0.25, -0.2) is 4.39 Å². The molecule has 9 heteroatoms. The van der Waals surface area contributed by atoms with Crippen LogP contribution in [0.1, 0.15) is 16.3 Å². The van der Waals surface area contributed by atoms with E-state index in [1.54, 1.807) is 19.2 Å². The molecule has 30 heavy (non-hydrogen) atoms. The highest BCUT2D eigenvalue weighted by Crippen LogP contribution is 2.27. The van der Waals surface area contributed by atoms with Gasteiger partial charge in [0.05, 0.1) is 12.7 Å². The minimum atomic E-state index is -0.506. The van der Waals surface area contributed by atoms with E-state index in [2.05, 4.69) is 20.5 Å². The number of H-pyrrole nitrogens is 1. The number of rotatable bonds is 7. The van der Waals surface area contributed by atoms with Crippen LogP contribution >= 0.6 is 0 Å². The average Bonchev–Trinajstić information content (AvgIpc) is 3.43. The number of ether oxygens (including phenoxy) is 2. The lowest BCUT2D eigenvalue weighted by molar-refractivity contribution is 0.0992. The minimum absolute atomic E-state index is 0.0800. The Labute approximate surface area is 170 Å². The molecule has 4 aromatic rings. The van der Waals surface area contributed by atoms with Crippen LogP contribution < -0.4 is 14.8 Å². The normalized spacial score (nSPS) is 10.6. The molecule has 0 atom stereocenters. The third-order valence-corrected chi connectivity index (χ3v) is 4.15. The lowest BCUT2D eigenvalue weighted by Gasteiger charge is -2.04. The number of benzene rings is 2. The van der Waals surface area contributed by atoms with Crippen LogP contribution in [0.15, 0.2) is 65.1 Å². The van der Waals surface area contributed by atoms with Gasteiger partial charge in [0, 0.05) is 0 Å². The number of anilines is 1. The van der Waals surface area contributed by atoms with Crippen molar-refractivity contribution in [3.05, 3.63) is 78.0 Å². The molecule has 0 bridgehead atoms. The first kappa shape index (κ1) is 19.2. The minimum Gasteiger partial charge on any atom is -0.496 e. The number of furan rings is 1. The van der Waals surface area contributed by atoms with Crippen molar-refractivity contribution in [2.45, 2.75) is 6.61 Å². The molecule has 2 aromatic heterocycles. The zero-order valence-corrected chi connectivity index (χ0v) is 15.9. The van der Waals surface area contributed by atoms with Crippen LogP contribution in [0.4, 0.5) is 10.3 Å². The summed E-state index contributed by atoms with van der Waals surface area (Å²) in [4.78, 5) is 16.7. The zero-order chi connectivity index (χ0) is 20.9. The Morgan fingerprint density at radius 1 is 1.13 bits per heavy atom. The fourth-order valence-corrected chi connectivity index (χ4v) is 2.70. The van der Waals surface area contributed by atoms with E-state index in [-0.39, 0.29) is 24.1 Å². The van der Waals surface area contributed by atoms with Gasteiger partial charge in [-0.3, -0.25) is 15.2 Å². The highest BCUT2D eigenvalue weighted by molar-refractivity contribution is 6.01. The summed E-state index contributed by atoms with van der Waals surface area (Å²) in [6.07, 6.45) is 0. The molecule has 1 amide bonds. The molecule has 0 aliphatic rings. The molecule has 8 nitrogen and oxygen atoms in total. The van der Waals surface area contributed by atoms with Crippen molar-refractivity contribution >= 4 is 11.9 Å². The van der Waals surface area contributed by atoms with Crippen LogP contribution in [0.5, 0.6) is 11.5 Å². The number of carbonyl (C=O) groups is 1. The van der Waals surface area contributed by atoms with Crippen LogP contribution in [-0.4, -0.2) is 28.2 Å². The first-order chi connectivity index (χ1) is 14.6. The molecule has 0 radical (unpaired) electrons. The number of hydrogen-bond acceptors (Lipinski definition) is 6. The van der Waals surface area contributed by atoms with Crippen LogP contribution in [-0.2, 0) is 6.61 Å². The van der Waals surface area contributed by atoms with Gasteiger partial charge in [-0.2, -0.15) is 4.98 Å². The number of aromatic amines is 1. The third kappa shape index (κ3) is 4.30. The van der Waals surface area contributed by atoms with Gasteiger partial charge < -0.3 is 13.9 Å². The molecular formula is C21H17FN4O4. The van der Waals surface area contributed by atoms with E-state index in [4.69, 9.17) is 13.9 Å². The van der Waals surface area contributed by atoms with Crippen molar-refractivity contribution in [1.82, 2.24) is 15.2 Å². The van der Waals surface area contributed by atoms with Crippen molar-refractivity contribution < 1.29 is 23.1 Å². The maximum Gasteiger partial charge on any atom is 0.293 e. The predicted octanol–water partition coefficient (Wildman–Crippen LogP) is 4.04. The molecule has 0 saturated carbocycles. The number of nitrogens with zero attached hydrogens (tertiary/aromatic N) is 2. The van der Waals surface area contributed by atoms with Gasteiger partial charge in [-0.05, 0) is 48.5 Å². The van der Waals surface area contributed by atoms with Crippen LogP contribution in [0.25, 0.3) is 11.4 Å². The van der Waals surface area contributed by atoms with Crippen molar-refractivity contribution in [2.24, 2.45) is 0 Å². The second kappa shape index (κ2) is 8.48. The molecule has 0 aliphatic heterocycles. The molecule has 0 unspecified atom stereocenters. The Balaban J connectivity index is 1.39. The maximum atomic E-state index is 12.9. The summed E-state index contributed by atoms with van der Waals surface area (Å²) in [7, 11) is 1.56. The van der Waals surface area contributed by atoms with E-state index in [9.17, 15) is 9.18 Å². The van der Waals surface area contributed by atoms with Gasteiger partial charge in [0.25, 0.3) is 5.91 Å². The number of methoxy groups -OCH3 is 1. The van der Waals surface area contributed by atoms with Crippen LogP contribution in [0, 0.1) is 5.82 Å². The zero-order valence-electron chi connectivity index (χ0n) is 15.9. The second-order valence-corrected chi connectivity index (χ2v) is 6.17. The average molecular weight is 408 g/mol. The van der Waals surface area contributed by atoms with Gasteiger partial charge in [0.15, 0.2) is 11.6 Å². The Bertz CT molecular complexity index is 1150. The van der Waals surface area contributed by atoms with Crippen LogP contribution in [0.2, 0.25) is 0 Å². The van der Waals surface area contributed by atoms with Crippen molar-refractivity contribution in [1.29, 1.82) is 0 Å². The first-order valence-corrected chi connectivity index (χ1v) is 8.96. The molecule has 4 rings (SSSR count). The van der Waals surface area contributed by atoms with Gasteiger partial charge in [0.1, 0.15) is 29.7 Å². The summed E-state index contributed by atoms with van der Waals surface area (Å²) in [6, 6.07) is 16.1. The quantitative estimate of drug-likeness (QED) is 0.478. The highest BCUT2D eigenvalue weighted by Gasteiger charge is 2.16. The summed E-state index contributed by atoms with van der Waals surface area (Å²) < 4.78 is 29.2. The third-order valence-electron chi connectivity index (χ3n) is 4.15. The Hall–Kier alpha value is -4.14. The number of aromatic nitrogens is 3. The standard InChI is InChI=1S/C21H17FN4O4/c1-28-17-5-3-2-4-16(17)19-23-21(26-25-19)24-20(27)18-11-10-15(30-18)12-29-14-8-6-13(22)7-9-14/h2-11H,12H2,1H3,(H2,23,24,25,26,27). The Morgan fingerprint density at radius 2 is 1.93 bits per heavy atom. The summed E-state index contributed by atoms with van der Waals surface area (Å²) in [5.74, 6) is 1.34. The van der Waals surface area contributed by atoms with E-state index in [0.717, 1.165) is 0 Å². The maximum absolute atomic E-state index is 12.9. The summed E-state index contributed by atoms with van der Waals surface area (Å²) in [5, 5.41) is 9.34. The Morgan fingerprint density at radius 3 is 2.73 bits per heavy atom. The SMILES string of the molecule is COc1ccccc1-c1nc(NC(=O)c2ccc(COc3ccc(F)cc3)o2)n[nH]1. The molecule has 2 aromatic carbocycles. The van der Waals surface area contributed by atoms with Gasteiger partial charge in [-0.1, -0.05) is 12.1 Å². The van der Waals surface area contributed by atoms with Gasteiger partial charge in [0.2, 0.25) is 5.95 Å². The number of nitrogens with one attached hydrogen (secondary N) is 2. The molecule has 0 fully saturated rings. The van der Waals surface area contributed by atoms with Crippen molar-refractivity contribution in [3.63, 3.8) is 0 Å². The predicted molar refractivity (Wildman–Crippen MR) is 106 cm³/mol. The number of carbonyl (C=O) groups excluding carboxylic acids is 1. The van der Waals surface area contributed by atoms with E-state index in [0.29, 0.717) is 28.6 Å². The largest absolute Gasteiger partial charge is 0.496 e. The summed E-state index contributed by atoms with van der Waals surface area (Å²) >= 11 is 0. The first-order valence-electron chi connectivity index (χ1n) is 8.96. The van der Waals surface area contributed by atoms with Crippen molar-refractivity contribution in [2.75, 3.05) is 12.4 Å². The smallest absolute Gasteiger partial charge is 0.293 e. The summed E-state index contributed by atoms with van der Waals surface area (Å²) in [6.45, 7) is 0.0948. The molecule has 0 aliphatic carbocycles. The molecule has 152 valence electrons. The van der Waals surface area contributed by atoms with Crippen LogP contribution in [0.3, 0.4) is 0 Å². The molecule has 2 heterocycles. The fraction of sp³-hybridized carbons (Fsp3) is 0.0952. The van der Waals surface area contributed by atoms with Gasteiger partial charge >= 0.3 is 0 Å². The molecule has 2 N–H and O–H groups in total. The Kier molecular flexibility index (Phi) is 5.42. The second-order valence-electron chi connectivity index (χ2n) is 6.17. The summed E-state index contributed by atoms with van der Waals surface area (Å²) in [5.41, 5.74) is 0.714. The lowest BCUT2D eigenvalue weighted by atomic mass is 10.2. The topological polar surface area (TPSA) is 102 Å². The van der Waals surface area contributed by atoms with E-state index >= 15 is 0 Å². The monoisotopic (exact) mass is 408 g/mol. The molecular weight excluding hydrogens is 391 g/mol. The van der Waals surface area contributed by atoms with E-state index in [1.165, 1.54) is 30.3 Å². The van der Waals surface area contributed by atoms with E-state index in [1.807, 2.05) is 18.2 Å².